The third kappa shape index (κ3) is 3.38. The van der Waals surface area contributed by atoms with E-state index in [0.717, 1.165) is 27.4 Å². The molecule has 17 heavy (non-hydrogen) atoms. The van der Waals surface area contributed by atoms with E-state index in [1.54, 1.807) is 0 Å². The van der Waals surface area contributed by atoms with E-state index in [0.29, 0.717) is 0 Å². The van der Waals surface area contributed by atoms with Crippen molar-refractivity contribution in [2.45, 2.75) is 6.54 Å². The standard InChI is InChI=1S/C13H12BrClN2/c14-12-7-11(16)5-6-13(12)17-8-9-1-3-10(15)4-2-9/h1-7,17H,8,16H2. The van der Waals surface area contributed by atoms with Gasteiger partial charge in [0.05, 0.1) is 0 Å². The molecule has 0 fully saturated rings. The summed E-state index contributed by atoms with van der Waals surface area (Å²) in [6.45, 7) is 0.750. The Hall–Kier alpha value is -1.19. The van der Waals surface area contributed by atoms with E-state index >= 15 is 0 Å². The van der Waals surface area contributed by atoms with Gasteiger partial charge in [0, 0.05) is 27.4 Å². The number of hydrogen-bond acceptors (Lipinski definition) is 2. The summed E-state index contributed by atoms with van der Waals surface area (Å²) in [5.74, 6) is 0. The Bertz CT molecular complexity index is 511. The molecule has 3 N–H and O–H groups in total. The molecule has 2 rings (SSSR count). The van der Waals surface area contributed by atoms with Crippen molar-refractivity contribution in [3.8, 4) is 0 Å². The van der Waals surface area contributed by atoms with Gasteiger partial charge < -0.3 is 11.1 Å². The summed E-state index contributed by atoms with van der Waals surface area (Å²) in [6, 6.07) is 13.5. The zero-order valence-electron chi connectivity index (χ0n) is 9.08. The first-order chi connectivity index (χ1) is 8.15. The highest BCUT2D eigenvalue weighted by atomic mass is 79.9. The van der Waals surface area contributed by atoms with Crippen molar-refractivity contribution in [1.82, 2.24) is 0 Å². The van der Waals surface area contributed by atoms with Gasteiger partial charge in [-0.3, -0.25) is 0 Å². The lowest BCUT2D eigenvalue weighted by Crippen LogP contribution is -2.00. The topological polar surface area (TPSA) is 38.0 Å². The lowest BCUT2D eigenvalue weighted by molar-refractivity contribution is 1.15. The molecule has 0 aliphatic carbocycles. The van der Waals surface area contributed by atoms with Crippen LogP contribution in [0, 0.1) is 0 Å². The number of nitrogens with two attached hydrogens (primary N) is 1. The highest BCUT2D eigenvalue weighted by Gasteiger charge is 2.00. The van der Waals surface area contributed by atoms with Crippen LogP contribution in [-0.4, -0.2) is 0 Å². The monoisotopic (exact) mass is 310 g/mol. The fraction of sp³-hybridized carbons (Fsp3) is 0.0769. The summed E-state index contributed by atoms with van der Waals surface area (Å²) >= 11 is 9.30. The number of nitrogen functional groups attached to an aromatic ring is 1. The molecule has 0 aromatic heterocycles. The van der Waals surface area contributed by atoms with Crippen molar-refractivity contribution in [3.05, 3.63) is 57.5 Å². The van der Waals surface area contributed by atoms with Crippen LogP contribution >= 0.6 is 27.5 Å². The van der Waals surface area contributed by atoms with Crippen molar-refractivity contribution in [3.63, 3.8) is 0 Å². The van der Waals surface area contributed by atoms with E-state index in [1.807, 2.05) is 42.5 Å². The van der Waals surface area contributed by atoms with Gasteiger partial charge in [-0.05, 0) is 51.8 Å². The molecule has 0 unspecified atom stereocenters. The van der Waals surface area contributed by atoms with Crippen LogP contribution in [-0.2, 0) is 6.54 Å². The molecule has 0 bridgehead atoms. The first kappa shape index (κ1) is 12.3. The molecule has 0 saturated carbocycles. The van der Waals surface area contributed by atoms with Crippen molar-refractivity contribution >= 4 is 38.9 Å². The smallest absolute Gasteiger partial charge is 0.0488 e. The minimum absolute atomic E-state index is 0.744. The summed E-state index contributed by atoms with van der Waals surface area (Å²) in [4.78, 5) is 0. The first-order valence-corrected chi connectivity index (χ1v) is 6.35. The predicted molar refractivity (Wildman–Crippen MR) is 77.3 cm³/mol. The van der Waals surface area contributed by atoms with Crippen molar-refractivity contribution in [2.24, 2.45) is 0 Å². The van der Waals surface area contributed by atoms with Gasteiger partial charge in [0.2, 0.25) is 0 Å². The van der Waals surface area contributed by atoms with Crippen LogP contribution in [0.5, 0.6) is 0 Å². The van der Waals surface area contributed by atoms with Gasteiger partial charge in [0.15, 0.2) is 0 Å². The molecule has 2 aromatic carbocycles. The fourth-order valence-electron chi connectivity index (χ4n) is 1.47. The van der Waals surface area contributed by atoms with Gasteiger partial charge in [-0.15, -0.1) is 0 Å². The number of benzene rings is 2. The maximum Gasteiger partial charge on any atom is 0.0488 e. The van der Waals surface area contributed by atoms with Crippen molar-refractivity contribution in [2.75, 3.05) is 11.1 Å². The van der Waals surface area contributed by atoms with Gasteiger partial charge in [0.1, 0.15) is 0 Å². The van der Waals surface area contributed by atoms with E-state index in [2.05, 4.69) is 21.2 Å². The van der Waals surface area contributed by atoms with Gasteiger partial charge in [-0.25, -0.2) is 0 Å². The zero-order valence-corrected chi connectivity index (χ0v) is 11.4. The largest absolute Gasteiger partial charge is 0.399 e. The zero-order chi connectivity index (χ0) is 12.3. The lowest BCUT2D eigenvalue weighted by atomic mass is 10.2. The van der Waals surface area contributed by atoms with Gasteiger partial charge in [-0.2, -0.15) is 0 Å². The number of hydrogen-bond donors (Lipinski definition) is 2. The van der Waals surface area contributed by atoms with Crippen molar-refractivity contribution < 1.29 is 0 Å². The summed E-state index contributed by atoms with van der Waals surface area (Å²) in [5, 5.41) is 4.08. The highest BCUT2D eigenvalue weighted by molar-refractivity contribution is 9.10. The van der Waals surface area contributed by atoms with Gasteiger partial charge >= 0.3 is 0 Å². The molecular formula is C13H12BrClN2. The van der Waals surface area contributed by atoms with Crippen LogP contribution in [0.15, 0.2) is 46.9 Å². The SMILES string of the molecule is Nc1ccc(NCc2ccc(Cl)cc2)c(Br)c1. The predicted octanol–water partition coefficient (Wildman–Crippen LogP) is 4.30. The molecule has 0 aliphatic heterocycles. The Labute approximate surface area is 114 Å². The number of rotatable bonds is 3. The number of halogens is 2. The average Bonchev–Trinajstić information content (AvgIpc) is 2.30. The van der Waals surface area contributed by atoms with Gasteiger partial charge in [-0.1, -0.05) is 23.7 Å². The minimum Gasteiger partial charge on any atom is -0.399 e. The van der Waals surface area contributed by atoms with Crippen molar-refractivity contribution in [1.29, 1.82) is 0 Å². The number of nitrogens with one attached hydrogen (secondary N) is 1. The summed E-state index contributed by atoms with van der Waals surface area (Å²) in [6.07, 6.45) is 0. The molecule has 0 atom stereocenters. The molecule has 4 heteroatoms. The molecule has 0 radical (unpaired) electrons. The van der Waals surface area contributed by atoms with E-state index in [4.69, 9.17) is 17.3 Å². The highest BCUT2D eigenvalue weighted by Crippen LogP contribution is 2.25. The molecule has 88 valence electrons. The minimum atomic E-state index is 0.744. The Kier molecular flexibility index (Phi) is 3.92. The molecule has 0 heterocycles. The molecule has 0 spiro atoms. The second-order valence-corrected chi connectivity index (χ2v) is 5.01. The van der Waals surface area contributed by atoms with Gasteiger partial charge in [0.25, 0.3) is 0 Å². The second-order valence-electron chi connectivity index (χ2n) is 3.72. The van der Waals surface area contributed by atoms with Crippen LogP contribution in [0.25, 0.3) is 0 Å². The Balaban J connectivity index is 2.04. The average molecular weight is 312 g/mol. The normalized spacial score (nSPS) is 10.2. The first-order valence-electron chi connectivity index (χ1n) is 5.18. The van der Waals surface area contributed by atoms with E-state index in [1.165, 1.54) is 5.56 Å². The maximum absolute atomic E-state index is 5.83. The maximum atomic E-state index is 5.83. The number of anilines is 2. The second kappa shape index (κ2) is 5.43. The molecule has 0 amide bonds. The Morgan fingerprint density at radius 2 is 1.82 bits per heavy atom. The van der Waals surface area contributed by atoms with Crippen LogP contribution in [0.4, 0.5) is 11.4 Å². The summed E-state index contributed by atoms with van der Waals surface area (Å²) < 4.78 is 0.964. The lowest BCUT2D eigenvalue weighted by Gasteiger charge is -2.09. The van der Waals surface area contributed by atoms with E-state index < -0.39 is 0 Å². The molecule has 2 aromatic rings. The van der Waals surface area contributed by atoms with E-state index in [9.17, 15) is 0 Å². The quantitative estimate of drug-likeness (QED) is 0.830. The van der Waals surface area contributed by atoms with Crippen LogP contribution < -0.4 is 11.1 Å². The third-order valence-electron chi connectivity index (χ3n) is 2.39. The van der Waals surface area contributed by atoms with Crippen LogP contribution in [0.2, 0.25) is 5.02 Å². The Morgan fingerprint density at radius 1 is 1.12 bits per heavy atom. The fourth-order valence-corrected chi connectivity index (χ4v) is 2.14. The van der Waals surface area contributed by atoms with E-state index in [-0.39, 0.29) is 0 Å². The molecule has 0 saturated heterocycles. The molecule has 0 aliphatic rings. The van der Waals surface area contributed by atoms with Crippen LogP contribution in [0.3, 0.4) is 0 Å². The molecule has 2 nitrogen and oxygen atoms in total. The molecular weight excluding hydrogens is 300 g/mol. The summed E-state index contributed by atoms with van der Waals surface area (Å²) in [5.41, 5.74) is 8.62. The third-order valence-corrected chi connectivity index (χ3v) is 3.30. The Morgan fingerprint density at radius 3 is 2.47 bits per heavy atom. The van der Waals surface area contributed by atoms with Crippen LogP contribution in [0.1, 0.15) is 5.56 Å². The summed E-state index contributed by atoms with van der Waals surface area (Å²) in [7, 11) is 0.